The van der Waals surface area contributed by atoms with Gasteiger partial charge in [-0.05, 0) is 12.1 Å². The Kier molecular flexibility index (Phi) is 4.09. The summed E-state index contributed by atoms with van der Waals surface area (Å²) < 4.78 is 4.62. The number of hydrazone groups is 1. The molecule has 1 aliphatic heterocycles. The second-order valence-corrected chi connectivity index (χ2v) is 5.23. The van der Waals surface area contributed by atoms with Gasteiger partial charge in [-0.1, -0.05) is 32.0 Å². The first-order chi connectivity index (χ1) is 9.90. The molecule has 1 atom stereocenters. The van der Waals surface area contributed by atoms with Crippen molar-refractivity contribution in [2.24, 2.45) is 11.0 Å². The molecule has 0 saturated carbocycles. The predicted octanol–water partition coefficient (Wildman–Crippen LogP) is 1.41. The van der Waals surface area contributed by atoms with Gasteiger partial charge in [0, 0.05) is 17.9 Å². The minimum atomic E-state index is -1.53. The molecular weight excluding hydrogens is 272 g/mol. The lowest BCUT2D eigenvalue weighted by Gasteiger charge is -2.34. The van der Waals surface area contributed by atoms with E-state index in [0.29, 0.717) is 5.56 Å². The Balaban J connectivity index is 2.39. The maximum absolute atomic E-state index is 12.5. The number of methoxy groups -OCH3 is 1. The largest absolute Gasteiger partial charge is 0.464 e. The molecule has 0 fully saturated rings. The maximum Gasteiger partial charge on any atom is 0.354 e. The second-order valence-electron chi connectivity index (χ2n) is 5.23. The fourth-order valence-corrected chi connectivity index (χ4v) is 2.17. The molecule has 0 radical (unpaired) electrons. The number of benzene rings is 1. The molecule has 1 heterocycles. The SMILES string of the molecule is COC(=O)C1=NN(C(=O)c2ccccc2)[C@](O)(C(C)C)C1. The van der Waals surface area contributed by atoms with E-state index in [1.54, 1.807) is 44.2 Å². The number of nitrogens with zero attached hydrogens (tertiary/aromatic N) is 2. The van der Waals surface area contributed by atoms with Crippen molar-refractivity contribution in [3.8, 4) is 0 Å². The van der Waals surface area contributed by atoms with Gasteiger partial charge in [0.2, 0.25) is 0 Å². The third-order valence-electron chi connectivity index (χ3n) is 3.57. The quantitative estimate of drug-likeness (QED) is 0.854. The van der Waals surface area contributed by atoms with Crippen LogP contribution in [0.4, 0.5) is 0 Å². The van der Waals surface area contributed by atoms with Crippen molar-refractivity contribution < 1.29 is 19.4 Å². The molecule has 6 nitrogen and oxygen atoms in total. The van der Waals surface area contributed by atoms with E-state index in [-0.39, 0.29) is 18.1 Å². The Morgan fingerprint density at radius 3 is 2.48 bits per heavy atom. The molecule has 0 aromatic heterocycles. The van der Waals surface area contributed by atoms with Crippen molar-refractivity contribution in [3.63, 3.8) is 0 Å². The van der Waals surface area contributed by atoms with E-state index < -0.39 is 17.6 Å². The van der Waals surface area contributed by atoms with Crippen LogP contribution in [-0.4, -0.2) is 40.5 Å². The van der Waals surface area contributed by atoms with Crippen LogP contribution in [0, 0.1) is 5.92 Å². The van der Waals surface area contributed by atoms with Crippen LogP contribution >= 0.6 is 0 Å². The molecule has 0 spiro atoms. The molecule has 1 amide bonds. The van der Waals surface area contributed by atoms with E-state index in [1.165, 1.54) is 7.11 Å². The molecule has 1 aromatic rings. The zero-order chi connectivity index (χ0) is 15.6. The summed E-state index contributed by atoms with van der Waals surface area (Å²) in [6, 6.07) is 8.51. The summed E-state index contributed by atoms with van der Waals surface area (Å²) >= 11 is 0. The van der Waals surface area contributed by atoms with Gasteiger partial charge in [0.1, 0.15) is 0 Å². The number of hydrogen-bond donors (Lipinski definition) is 1. The Labute approximate surface area is 123 Å². The number of rotatable bonds is 3. The average Bonchev–Trinajstić information content (AvgIpc) is 2.86. The van der Waals surface area contributed by atoms with Crippen LogP contribution in [0.1, 0.15) is 30.6 Å². The normalized spacial score (nSPS) is 21.4. The summed E-state index contributed by atoms with van der Waals surface area (Å²) in [5, 5.41) is 15.7. The average molecular weight is 290 g/mol. The molecule has 0 saturated heterocycles. The monoisotopic (exact) mass is 290 g/mol. The van der Waals surface area contributed by atoms with Crippen LogP contribution in [0.3, 0.4) is 0 Å². The Bertz CT molecular complexity index is 583. The summed E-state index contributed by atoms with van der Waals surface area (Å²) in [5.41, 5.74) is -1.10. The van der Waals surface area contributed by atoms with Crippen LogP contribution in [0.2, 0.25) is 0 Å². The smallest absolute Gasteiger partial charge is 0.354 e. The van der Waals surface area contributed by atoms with Crippen molar-refractivity contribution >= 4 is 17.6 Å². The molecule has 1 N–H and O–H groups in total. The fraction of sp³-hybridized carbons (Fsp3) is 0.400. The molecule has 6 heteroatoms. The lowest BCUT2D eigenvalue weighted by molar-refractivity contribution is -0.133. The number of hydrogen-bond acceptors (Lipinski definition) is 5. The molecule has 1 aliphatic rings. The molecule has 1 aromatic carbocycles. The second kappa shape index (κ2) is 5.65. The molecular formula is C15H18N2O4. The van der Waals surface area contributed by atoms with Crippen molar-refractivity contribution in [2.75, 3.05) is 7.11 Å². The summed E-state index contributed by atoms with van der Waals surface area (Å²) in [6.45, 7) is 3.53. The van der Waals surface area contributed by atoms with Gasteiger partial charge in [0.25, 0.3) is 5.91 Å². The summed E-state index contributed by atoms with van der Waals surface area (Å²) in [6.07, 6.45) is -0.0457. The first-order valence-corrected chi connectivity index (χ1v) is 6.68. The first-order valence-electron chi connectivity index (χ1n) is 6.68. The standard InChI is InChI=1S/C15H18N2O4/c1-10(2)15(20)9-12(14(19)21-3)16-17(15)13(18)11-7-5-4-6-8-11/h4-8,10,20H,9H2,1-3H3/t15-/m1/s1. The Morgan fingerprint density at radius 1 is 1.33 bits per heavy atom. The van der Waals surface area contributed by atoms with Gasteiger partial charge < -0.3 is 9.84 Å². The third kappa shape index (κ3) is 2.67. The predicted molar refractivity (Wildman–Crippen MR) is 76.5 cm³/mol. The molecule has 112 valence electrons. The van der Waals surface area contributed by atoms with Gasteiger partial charge in [-0.15, -0.1) is 0 Å². The zero-order valence-corrected chi connectivity index (χ0v) is 12.2. The fourth-order valence-electron chi connectivity index (χ4n) is 2.17. The number of carbonyl (C=O) groups excluding carboxylic acids is 2. The summed E-state index contributed by atoms with van der Waals surface area (Å²) in [4.78, 5) is 24.2. The highest BCUT2D eigenvalue weighted by Gasteiger charge is 2.48. The number of aliphatic hydroxyl groups is 1. The highest BCUT2D eigenvalue weighted by Crippen LogP contribution is 2.33. The van der Waals surface area contributed by atoms with E-state index in [1.807, 2.05) is 0 Å². The Morgan fingerprint density at radius 2 is 1.95 bits per heavy atom. The van der Waals surface area contributed by atoms with Crippen LogP contribution in [0.15, 0.2) is 35.4 Å². The van der Waals surface area contributed by atoms with Crippen LogP contribution in [0.5, 0.6) is 0 Å². The van der Waals surface area contributed by atoms with Gasteiger partial charge in [-0.25, -0.2) is 4.79 Å². The highest BCUT2D eigenvalue weighted by atomic mass is 16.5. The zero-order valence-electron chi connectivity index (χ0n) is 12.2. The molecule has 0 aliphatic carbocycles. The van der Waals surface area contributed by atoms with E-state index in [2.05, 4.69) is 9.84 Å². The lowest BCUT2D eigenvalue weighted by atomic mass is 9.94. The Hall–Kier alpha value is -2.21. The molecule has 0 bridgehead atoms. The van der Waals surface area contributed by atoms with Gasteiger partial charge >= 0.3 is 5.97 Å². The van der Waals surface area contributed by atoms with Crippen LogP contribution < -0.4 is 0 Å². The lowest BCUT2D eigenvalue weighted by Crippen LogP contribution is -2.50. The molecule has 21 heavy (non-hydrogen) atoms. The molecule has 0 unspecified atom stereocenters. The van der Waals surface area contributed by atoms with Gasteiger partial charge in [0.05, 0.1) is 7.11 Å². The van der Waals surface area contributed by atoms with Crippen molar-refractivity contribution in [2.45, 2.75) is 26.0 Å². The maximum atomic E-state index is 12.5. The van der Waals surface area contributed by atoms with Gasteiger partial charge in [-0.2, -0.15) is 10.1 Å². The number of amides is 1. The van der Waals surface area contributed by atoms with Gasteiger partial charge in [0.15, 0.2) is 11.4 Å². The van der Waals surface area contributed by atoms with Gasteiger partial charge in [-0.3, -0.25) is 4.79 Å². The topological polar surface area (TPSA) is 79.2 Å². The van der Waals surface area contributed by atoms with E-state index >= 15 is 0 Å². The minimum Gasteiger partial charge on any atom is -0.464 e. The van der Waals surface area contributed by atoms with Crippen LogP contribution in [-0.2, 0) is 9.53 Å². The number of ether oxygens (including phenoxy) is 1. The number of carbonyl (C=O) groups is 2. The van der Waals surface area contributed by atoms with Crippen molar-refractivity contribution in [1.82, 2.24) is 5.01 Å². The number of esters is 1. The molecule has 2 rings (SSSR count). The van der Waals surface area contributed by atoms with E-state index in [0.717, 1.165) is 5.01 Å². The minimum absolute atomic E-state index is 0.0398. The van der Waals surface area contributed by atoms with E-state index in [4.69, 9.17) is 0 Å². The highest BCUT2D eigenvalue weighted by molar-refractivity contribution is 6.37. The summed E-state index contributed by atoms with van der Waals surface area (Å²) in [5.74, 6) is -1.39. The van der Waals surface area contributed by atoms with E-state index in [9.17, 15) is 14.7 Å². The van der Waals surface area contributed by atoms with Crippen LogP contribution in [0.25, 0.3) is 0 Å². The third-order valence-corrected chi connectivity index (χ3v) is 3.57. The van der Waals surface area contributed by atoms with Crippen molar-refractivity contribution in [3.05, 3.63) is 35.9 Å². The summed E-state index contributed by atoms with van der Waals surface area (Å²) in [7, 11) is 1.24. The van der Waals surface area contributed by atoms with Crippen molar-refractivity contribution in [1.29, 1.82) is 0 Å². The first kappa shape index (κ1) is 15.2.